The summed E-state index contributed by atoms with van der Waals surface area (Å²) in [6, 6.07) is 14.4. The first kappa shape index (κ1) is 16.8. The van der Waals surface area contributed by atoms with E-state index in [1.165, 1.54) is 35.6 Å². The molecule has 0 aliphatic heterocycles. The van der Waals surface area contributed by atoms with E-state index in [9.17, 15) is 9.18 Å². The van der Waals surface area contributed by atoms with E-state index in [4.69, 9.17) is 4.74 Å². The Balaban J connectivity index is 1.57. The van der Waals surface area contributed by atoms with Crippen molar-refractivity contribution in [3.8, 4) is 5.75 Å². The summed E-state index contributed by atoms with van der Waals surface area (Å²) in [5.41, 5.74) is 0.476. The summed E-state index contributed by atoms with van der Waals surface area (Å²) in [4.78, 5) is 11.9. The highest BCUT2D eigenvalue weighted by molar-refractivity contribution is 7.15. The van der Waals surface area contributed by atoms with Crippen molar-refractivity contribution in [2.45, 2.75) is 13.0 Å². The molecule has 1 heterocycles. The predicted octanol–water partition coefficient (Wildman–Crippen LogP) is 4.46. The molecule has 8 heteroatoms. The Labute approximate surface area is 147 Å². The van der Waals surface area contributed by atoms with Gasteiger partial charge in [-0.1, -0.05) is 29.5 Å². The molecule has 128 valence electrons. The number of hydrogen-bond acceptors (Lipinski definition) is 5. The van der Waals surface area contributed by atoms with E-state index in [1.54, 1.807) is 0 Å². The second-order valence-electron chi connectivity index (χ2n) is 5.10. The number of halogens is 1. The van der Waals surface area contributed by atoms with Gasteiger partial charge >= 0.3 is 6.03 Å². The molecule has 2 aromatic carbocycles. The van der Waals surface area contributed by atoms with Crippen LogP contribution in [-0.4, -0.2) is 16.2 Å². The average molecular weight is 358 g/mol. The van der Waals surface area contributed by atoms with Crippen LogP contribution in [0.15, 0.2) is 54.6 Å². The van der Waals surface area contributed by atoms with E-state index < -0.39 is 6.03 Å². The maximum absolute atomic E-state index is 12.8. The first-order valence-corrected chi connectivity index (χ1v) is 8.30. The van der Waals surface area contributed by atoms with Crippen molar-refractivity contribution in [2.75, 3.05) is 10.6 Å². The van der Waals surface area contributed by atoms with E-state index in [1.807, 2.05) is 37.3 Å². The summed E-state index contributed by atoms with van der Waals surface area (Å²) in [5.74, 6) is 0.362. The van der Waals surface area contributed by atoms with Gasteiger partial charge in [-0.3, -0.25) is 5.32 Å². The predicted molar refractivity (Wildman–Crippen MR) is 94.4 cm³/mol. The smallest absolute Gasteiger partial charge is 0.325 e. The third-order valence-corrected chi connectivity index (χ3v) is 4.17. The van der Waals surface area contributed by atoms with Crippen LogP contribution in [0.4, 0.5) is 20.0 Å². The lowest BCUT2D eigenvalue weighted by molar-refractivity contribution is 0.225. The van der Waals surface area contributed by atoms with Gasteiger partial charge in [0.25, 0.3) is 0 Å². The maximum atomic E-state index is 12.8. The summed E-state index contributed by atoms with van der Waals surface area (Å²) in [7, 11) is 0. The van der Waals surface area contributed by atoms with Gasteiger partial charge in [0.05, 0.1) is 0 Å². The van der Waals surface area contributed by atoms with Gasteiger partial charge < -0.3 is 10.1 Å². The van der Waals surface area contributed by atoms with Crippen molar-refractivity contribution in [3.05, 3.63) is 65.4 Å². The van der Waals surface area contributed by atoms with Gasteiger partial charge in [0.1, 0.15) is 17.7 Å². The molecule has 0 radical (unpaired) electrons. The largest absolute Gasteiger partial charge is 0.483 e. The minimum atomic E-state index is -0.481. The Morgan fingerprint density at radius 2 is 1.80 bits per heavy atom. The lowest BCUT2D eigenvalue weighted by atomic mass is 10.3. The normalized spacial score (nSPS) is 11.6. The maximum Gasteiger partial charge on any atom is 0.325 e. The van der Waals surface area contributed by atoms with E-state index in [0.29, 0.717) is 15.8 Å². The number of anilines is 2. The summed E-state index contributed by atoms with van der Waals surface area (Å²) >= 11 is 1.22. The second-order valence-corrected chi connectivity index (χ2v) is 6.11. The van der Waals surface area contributed by atoms with E-state index >= 15 is 0 Å². The molecule has 0 saturated heterocycles. The van der Waals surface area contributed by atoms with Gasteiger partial charge in [0.2, 0.25) is 5.13 Å². The molecule has 2 N–H and O–H groups in total. The number of carbonyl (C=O) groups excluding carboxylic acids is 1. The number of carbonyl (C=O) groups is 1. The minimum absolute atomic E-state index is 0.296. The van der Waals surface area contributed by atoms with Crippen LogP contribution in [0.2, 0.25) is 0 Å². The van der Waals surface area contributed by atoms with E-state index in [0.717, 1.165) is 5.75 Å². The van der Waals surface area contributed by atoms with E-state index in [-0.39, 0.29) is 11.9 Å². The van der Waals surface area contributed by atoms with Crippen molar-refractivity contribution in [1.29, 1.82) is 0 Å². The van der Waals surface area contributed by atoms with Crippen molar-refractivity contribution >= 4 is 28.2 Å². The van der Waals surface area contributed by atoms with Crippen LogP contribution in [0, 0.1) is 5.82 Å². The molecular weight excluding hydrogens is 343 g/mol. The number of amides is 2. The Morgan fingerprint density at radius 3 is 2.52 bits per heavy atom. The number of nitrogens with zero attached hydrogens (tertiary/aromatic N) is 2. The zero-order valence-corrected chi connectivity index (χ0v) is 14.1. The molecule has 0 bridgehead atoms. The number of benzene rings is 2. The number of hydrogen-bond donors (Lipinski definition) is 2. The van der Waals surface area contributed by atoms with Gasteiger partial charge in [-0.2, -0.15) is 0 Å². The van der Waals surface area contributed by atoms with Crippen LogP contribution < -0.4 is 15.4 Å². The molecule has 3 rings (SSSR count). The lowest BCUT2D eigenvalue weighted by Crippen LogP contribution is -2.19. The molecular formula is C17H15FN4O2S. The molecule has 0 fully saturated rings. The molecule has 1 atom stereocenters. The standard InChI is InChI=1S/C17H15FN4O2S/c1-11(24-14-5-3-2-4-6-14)15-21-22-17(25-15)20-16(23)19-13-9-7-12(18)8-10-13/h2-11H,1H3,(H2,19,20,22,23). The fraction of sp³-hybridized carbons (Fsp3) is 0.118. The summed E-state index contributed by atoms with van der Waals surface area (Å²) in [5, 5.41) is 14.1. The van der Waals surface area contributed by atoms with Crippen LogP contribution in [0.5, 0.6) is 5.75 Å². The number of para-hydroxylation sites is 1. The SMILES string of the molecule is CC(Oc1ccccc1)c1nnc(NC(=O)Nc2ccc(F)cc2)s1. The number of nitrogens with one attached hydrogen (secondary N) is 2. The van der Waals surface area contributed by atoms with Crippen LogP contribution in [0.25, 0.3) is 0 Å². The average Bonchev–Trinajstić information content (AvgIpc) is 3.06. The van der Waals surface area contributed by atoms with Crippen LogP contribution in [0.1, 0.15) is 18.0 Å². The topological polar surface area (TPSA) is 76.1 Å². The van der Waals surface area contributed by atoms with Gasteiger partial charge in [0, 0.05) is 5.69 Å². The third-order valence-electron chi connectivity index (χ3n) is 3.17. The Morgan fingerprint density at radius 1 is 1.08 bits per heavy atom. The number of urea groups is 1. The molecule has 3 aromatic rings. The third kappa shape index (κ3) is 4.74. The number of rotatable bonds is 5. The zero-order chi connectivity index (χ0) is 17.6. The Hall–Kier alpha value is -3.00. The fourth-order valence-corrected chi connectivity index (χ4v) is 2.71. The Bertz CT molecular complexity index is 839. The van der Waals surface area contributed by atoms with Crippen molar-refractivity contribution in [3.63, 3.8) is 0 Å². The number of ether oxygens (including phenoxy) is 1. The molecule has 0 aliphatic carbocycles. The van der Waals surface area contributed by atoms with E-state index in [2.05, 4.69) is 20.8 Å². The van der Waals surface area contributed by atoms with Gasteiger partial charge in [-0.25, -0.2) is 9.18 Å². The second kappa shape index (κ2) is 7.71. The molecule has 0 aliphatic rings. The summed E-state index contributed by atoms with van der Waals surface area (Å²) in [6.07, 6.45) is -0.296. The van der Waals surface area contributed by atoms with Gasteiger partial charge in [-0.05, 0) is 43.3 Å². The molecule has 1 aromatic heterocycles. The molecule has 0 saturated carbocycles. The number of aromatic nitrogens is 2. The summed E-state index contributed by atoms with van der Waals surface area (Å²) in [6.45, 7) is 1.86. The van der Waals surface area contributed by atoms with Crippen molar-refractivity contribution < 1.29 is 13.9 Å². The lowest BCUT2D eigenvalue weighted by Gasteiger charge is -2.11. The molecule has 2 amide bonds. The summed E-state index contributed by atoms with van der Waals surface area (Å²) < 4.78 is 18.6. The fourth-order valence-electron chi connectivity index (χ4n) is 2.00. The molecule has 25 heavy (non-hydrogen) atoms. The molecule has 0 spiro atoms. The quantitative estimate of drug-likeness (QED) is 0.706. The first-order chi connectivity index (χ1) is 12.1. The van der Waals surface area contributed by atoms with Crippen molar-refractivity contribution in [2.24, 2.45) is 0 Å². The highest BCUT2D eigenvalue weighted by Crippen LogP contribution is 2.26. The monoisotopic (exact) mass is 358 g/mol. The van der Waals surface area contributed by atoms with Crippen LogP contribution in [0.3, 0.4) is 0 Å². The molecule has 1 unspecified atom stereocenters. The highest BCUT2D eigenvalue weighted by atomic mass is 32.1. The Kier molecular flexibility index (Phi) is 5.20. The van der Waals surface area contributed by atoms with Crippen LogP contribution in [-0.2, 0) is 0 Å². The molecule has 6 nitrogen and oxygen atoms in total. The minimum Gasteiger partial charge on any atom is -0.483 e. The van der Waals surface area contributed by atoms with Crippen molar-refractivity contribution in [1.82, 2.24) is 10.2 Å². The first-order valence-electron chi connectivity index (χ1n) is 7.49. The van der Waals surface area contributed by atoms with Crippen LogP contribution >= 0.6 is 11.3 Å². The highest BCUT2D eigenvalue weighted by Gasteiger charge is 2.15. The zero-order valence-electron chi connectivity index (χ0n) is 13.3. The van der Waals surface area contributed by atoms with Gasteiger partial charge in [0.15, 0.2) is 5.01 Å². The van der Waals surface area contributed by atoms with Gasteiger partial charge in [-0.15, -0.1) is 10.2 Å².